The molecule has 0 unspecified atom stereocenters. The molecule has 4 rings (SSSR count). The van der Waals surface area contributed by atoms with E-state index in [1.807, 2.05) is 0 Å². The topological polar surface area (TPSA) is 3.01 Å². The van der Waals surface area contributed by atoms with Crippen LogP contribution in [-0.2, 0) is 5.41 Å². The van der Waals surface area contributed by atoms with E-state index in [0.29, 0.717) is 11.8 Å². The highest BCUT2D eigenvalue weighted by atomic mass is 15.1. The van der Waals surface area contributed by atoms with Gasteiger partial charge in [0.15, 0.2) is 11.8 Å². The van der Waals surface area contributed by atoms with E-state index in [-0.39, 0.29) is 11.0 Å². The fraction of sp³-hybridized carbons (Fsp3) is 0.414. The first-order valence-corrected chi connectivity index (χ1v) is 11.4. The highest BCUT2D eigenvalue weighted by Crippen LogP contribution is 2.46. The van der Waals surface area contributed by atoms with Crippen LogP contribution in [-0.4, -0.2) is 16.3 Å². The lowest BCUT2D eigenvalue weighted by molar-refractivity contribution is -0.513. The van der Waals surface area contributed by atoms with Gasteiger partial charge in [0, 0.05) is 31.4 Å². The van der Waals surface area contributed by atoms with E-state index in [4.69, 9.17) is 0 Å². The summed E-state index contributed by atoms with van der Waals surface area (Å²) in [6.45, 7) is 16.5. The molecule has 1 nitrogen and oxygen atoms in total. The highest BCUT2D eigenvalue weighted by Gasteiger charge is 2.51. The van der Waals surface area contributed by atoms with Crippen LogP contribution in [0.2, 0.25) is 0 Å². The second-order valence-corrected chi connectivity index (χ2v) is 10.5. The SMILES string of the molecule is CC(C)c1cccc(C(C)C)c1[N+]1=C[C@](C)(c2cccc3ccccc23)CC1(C)C. The normalized spacial score (nSPS) is 20.9. The third kappa shape index (κ3) is 3.39. The maximum atomic E-state index is 2.61. The Balaban J connectivity index is 1.97. The molecule has 0 saturated carbocycles. The molecule has 1 atom stereocenters. The lowest BCUT2D eigenvalue weighted by Crippen LogP contribution is -2.31. The quantitative estimate of drug-likeness (QED) is 0.392. The first-order valence-electron chi connectivity index (χ1n) is 11.4. The van der Waals surface area contributed by atoms with E-state index in [1.165, 1.54) is 33.2 Å². The highest BCUT2D eigenvalue weighted by molar-refractivity contribution is 5.90. The largest absolute Gasteiger partial charge is 0.212 e. The van der Waals surface area contributed by atoms with Gasteiger partial charge in [-0.25, -0.2) is 0 Å². The average molecular weight is 399 g/mol. The number of rotatable bonds is 4. The van der Waals surface area contributed by atoms with Crippen LogP contribution >= 0.6 is 0 Å². The van der Waals surface area contributed by atoms with Crippen LogP contribution in [0.5, 0.6) is 0 Å². The van der Waals surface area contributed by atoms with Crippen LogP contribution in [0.3, 0.4) is 0 Å². The van der Waals surface area contributed by atoms with Gasteiger partial charge in [0.1, 0.15) is 0 Å². The van der Waals surface area contributed by atoms with Crippen molar-refractivity contribution in [1.82, 2.24) is 0 Å². The van der Waals surface area contributed by atoms with E-state index in [0.717, 1.165) is 6.42 Å². The fourth-order valence-corrected chi connectivity index (χ4v) is 5.53. The van der Waals surface area contributed by atoms with E-state index < -0.39 is 0 Å². The Hall–Kier alpha value is -2.41. The molecule has 0 amide bonds. The van der Waals surface area contributed by atoms with Crippen LogP contribution in [0.1, 0.15) is 83.4 Å². The van der Waals surface area contributed by atoms with Gasteiger partial charge in [-0.2, -0.15) is 4.58 Å². The van der Waals surface area contributed by atoms with Gasteiger partial charge in [0.2, 0.25) is 5.69 Å². The van der Waals surface area contributed by atoms with Gasteiger partial charge >= 0.3 is 0 Å². The van der Waals surface area contributed by atoms with E-state index >= 15 is 0 Å². The van der Waals surface area contributed by atoms with Crippen molar-refractivity contribution in [2.24, 2.45) is 0 Å². The molecule has 0 bridgehead atoms. The third-order valence-electron chi connectivity index (χ3n) is 6.85. The van der Waals surface area contributed by atoms with Gasteiger partial charge in [-0.05, 0) is 35.1 Å². The Kier molecular flexibility index (Phi) is 5.12. The molecule has 156 valence electrons. The van der Waals surface area contributed by atoms with Crippen molar-refractivity contribution in [3.05, 3.63) is 77.4 Å². The zero-order chi connectivity index (χ0) is 21.7. The number of benzene rings is 3. The predicted molar refractivity (Wildman–Crippen MR) is 131 cm³/mol. The van der Waals surface area contributed by atoms with E-state index in [9.17, 15) is 0 Å². The van der Waals surface area contributed by atoms with Crippen molar-refractivity contribution in [3.63, 3.8) is 0 Å². The molecule has 1 heterocycles. The van der Waals surface area contributed by atoms with Crippen LogP contribution in [0.15, 0.2) is 60.7 Å². The first-order chi connectivity index (χ1) is 14.1. The summed E-state index contributed by atoms with van der Waals surface area (Å²) < 4.78 is 2.61. The molecule has 0 spiro atoms. The molecule has 1 heteroatoms. The molecular weight excluding hydrogens is 362 g/mol. The minimum Gasteiger partial charge on any atom is -0.196 e. The number of nitrogens with zero attached hydrogens (tertiary/aromatic N) is 1. The Morgan fingerprint density at radius 1 is 0.733 bits per heavy atom. The zero-order valence-corrected chi connectivity index (χ0v) is 19.7. The monoisotopic (exact) mass is 398 g/mol. The number of hydrogen-bond donors (Lipinski definition) is 0. The van der Waals surface area contributed by atoms with Crippen LogP contribution < -0.4 is 0 Å². The first kappa shape index (κ1) is 20.8. The predicted octanol–water partition coefficient (Wildman–Crippen LogP) is 7.94. The van der Waals surface area contributed by atoms with Gasteiger partial charge in [-0.15, -0.1) is 0 Å². The lowest BCUT2D eigenvalue weighted by atomic mass is 9.75. The summed E-state index contributed by atoms with van der Waals surface area (Å²) in [6, 6.07) is 22.5. The van der Waals surface area contributed by atoms with Crippen molar-refractivity contribution in [3.8, 4) is 0 Å². The summed E-state index contributed by atoms with van der Waals surface area (Å²) in [7, 11) is 0. The maximum absolute atomic E-state index is 2.61. The Morgan fingerprint density at radius 2 is 1.30 bits per heavy atom. The summed E-state index contributed by atoms with van der Waals surface area (Å²) in [5.74, 6) is 0.986. The van der Waals surface area contributed by atoms with Crippen molar-refractivity contribution >= 4 is 22.7 Å². The summed E-state index contributed by atoms with van der Waals surface area (Å²) in [6.07, 6.45) is 3.62. The van der Waals surface area contributed by atoms with Gasteiger partial charge in [-0.1, -0.05) is 88.4 Å². The summed E-state index contributed by atoms with van der Waals surface area (Å²) >= 11 is 0. The minimum atomic E-state index is -0.0112. The van der Waals surface area contributed by atoms with Gasteiger partial charge in [0.25, 0.3) is 0 Å². The third-order valence-corrected chi connectivity index (χ3v) is 6.85. The Labute approximate surface area is 182 Å². The van der Waals surface area contributed by atoms with Gasteiger partial charge in [0.05, 0.1) is 5.41 Å². The number of fused-ring (bicyclic) bond motifs is 1. The van der Waals surface area contributed by atoms with E-state index in [1.54, 1.807) is 0 Å². The van der Waals surface area contributed by atoms with Crippen molar-refractivity contribution < 1.29 is 4.58 Å². The summed E-state index contributed by atoms with van der Waals surface area (Å²) in [4.78, 5) is 0. The van der Waals surface area contributed by atoms with Crippen LogP contribution in [0, 0.1) is 0 Å². The van der Waals surface area contributed by atoms with Crippen molar-refractivity contribution in [2.75, 3.05) is 0 Å². The van der Waals surface area contributed by atoms with E-state index in [2.05, 4.69) is 120 Å². The van der Waals surface area contributed by atoms with Crippen molar-refractivity contribution in [1.29, 1.82) is 0 Å². The molecule has 30 heavy (non-hydrogen) atoms. The molecule has 1 aliphatic heterocycles. The Bertz CT molecular complexity index is 1080. The molecule has 3 aromatic rings. The lowest BCUT2D eigenvalue weighted by Gasteiger charge is -2.25. The summed E-state index contributed by atoms with van der Waals surface area (Å²) in [5.41, 5.74) is 5.80. The zero-order valence-electron chi connectivity index (χ0n) is 19.7. The minimum absolute atomic E-state index is 0.0112. The van der Waals surface area contributed by atoms with Crippen LogP contribution in [0.4, 0.5) is 5.69 Å². The fourth-order valence-electron chi connectivity index (χ4n) is 5.53. The number of hydrogen-bond acceptors (Lipinski definition) is 0. The Morgan fingerprint density at radius 3 is 1.93 bits per heavy atom. The van der Waals surface area contributed by atoms with Crippen LogP contribution in [0.25, 0.3) is 10.8 Å². The molecule has 0 N–H and O–H groups in total. The number of para-hydroxylation sites is 1. The molecule has 0 aromatic heterocycles. The second-order valence-electron chi connectivity index (χ2n) is 10.5. The molecule has 0 fully saturated rings. The maximum Gasteiger partial charge on any atom is 0.212 e. The van der Waals surface area contributed by atoms with Crippen molar-refractivity contribution in [2.45, 2.75) is 77.7 Å². The molecule has 0 radical (unpaired) electrons. The second kappa shape index (κ2) is 7.38. The molecule has 3 aromatic carbocycles. The summed E-state index contributed by atoms with van der Waals surface area (Å²) in [5, 5.41) is 2.70. The molecular formula is C29H36N+. The standard InChI is InChI=1S/C29H36N/c1-20(2)23-15-11-16-24(21(3)4)27(23)30-19-29(7,18-28(30,5)6)26-17-10-13-22-12-8-9-14-25(22)26/h8-17,19-21H,18H2,1-7H3/q+1/t29-/m1/s1. The smallest absolute Gasteiger partial charge is 0.196 e. The van der Waals surface area contributed by atoms with Gasteiger partial charge in [-0.3, -0.25) is 0 Å². The average Bonchev–Trinajstić information content (AvgIpc) is 2.96. The van der Waals surface area contributed by atoms with Gasteiger partial charge < -0.3 is 0 Å². The molecule has 0 aliphatic carbocycles. The molecule has 0 saturated heterocycles. The molecule has 1 aliphatic rings.